The molecule has 1 saturated heterocycles. The highest BCUT2D eigenvalue weighted by atomic mass is 16.7. The Kier molecular flexibility index (Phi) is 7.87. The lowest BCUT2D eigenvalue weighted by atomic mass is 10.0. The predicted molar refractivity (Wildman–Crippen MR) is 72.2 cm³/mol. The smallest absolute Gasteiger partial charge is 0.168 e. The Morgan fingerprint density at radius 2 is 1.35 bits per heavy atom. The van der Waals surface area contributed by atoms with Crippen molar-refractivity contribution in [3.63, 3.8) is 0 Å². The van der Waals surface area contributed by atoms with Crippen molar-refractivity contribution in [2.45, 2.75) is 83.8 Å². The van der Waals surface area contributed by atoms with Gasteiger partial charge in [0, 0.05) is 12.8 Å². The average Bonchev–Trinajstić information content (AvgIpc) is 2.59. The summed E-state index contributed by atoms with van der Waals surface area (Å²) in [5.41, 5.74) is 0. The minimum atomic E-state index is -0.236. The number of ether oxygens (including phenoxy) is 2. The van der Waals surface area contributed by atoms with Crippen LogP contribution in [0.15, 0.2) is 0 Å². The molecule has 0 saturated carbocycles. The van der Waals surface area contributed by atoms with Crippen molar-refractivity contribution in [2.24, 2.45) is 0 Å². The standard InChI is InChI=1S/C15H30O2/c1-3-5-7-8-12-15(11-6-4-2)16-13-9-10-14-17-15/h3-14H2,1-2H3. The fraction of sp³-hybridized carbons (Fsp3) is 1.00. The molecule has 0 aromatic heterocycles. The molecule has 1 aliphatic heterocycles. The van der Waals surface area contributed by atoms with Crippen molar-refractivity contribution in [3.05, 3.63) is 0 Å². The molecule has 1 aliphatic rings. The molecule has 2 heteroatoms. The summed E-state index contributed by atoms with van der Waals surface area (Å²) in [5, 5.41) is 0. The van der Waals surface area contributed by atoms with Gasteiger partial charge in [-0.25, -0.2) is 0 Å². The summed E-state index contributed by atoms with van der Waals surface area (Å²) in [7, 11) is 0. The van der Waals surface area contributed by atoms with E-state index in [-0.39, 0.29) is 5.79 Å². The zero-order chi connectivity index (χ0) is 12.4. The molecule has 0 amide bonds. The predicted octanol–water partition coefficient (Wildman–Crippen LogP) is 4.67. The van der Waals surface area contributed by atoms with Crippen LogP contribution in [0.5, 0.6) is 0 Å². The number of hydrogen-bond donors (Lipinski definition) is 0. The van der Waals surface area contributed by atoms with Crippen LogP contribution >= 0.6 is 0 Å². The molecule has 0 spiro atoms. The minimum Gasteiger partial charge on any atom is -0.350 e. The van der Waals surface area contributed by atoms with Gasteiger partial charge in [-0.15, -0.1) is 0 Å². The molecule has 0 aliphatic carbocycles. The van der Waals surface area contributed by atoms with Crippen LogP contribution in [0.2, 0.25) is 0 Å². The molecular formula is C15H30O2. The maximum absolute atomic E-state index is 6.05. The van der Waals surface area contributed by atoms with Crippen molar-refractivity contribution >= 4 is 0 Å². The monoisotopic (exact) mass is 242 g/mol. The number of rotatable bonds is 8. The molecule has 0 atom stereocenters. The highest BCUT2D eigenvalue weighted by Gasteiger charge is 2.32. The minimum absolute atomic E-state index is 0.236. The summed E-state index contributed by atoms with van der Waals surface area (Å²) in [4.78, 5) is 0. The van der Waals surface area contributed by atoms with E-state index in [4.69, 9.17) is 9.47 Å². The van der Waals surface area contributed by atoms with Crippen LogP contribution in [-0.4, -0.2) is 19.0 Å². The van der Waals surface area contributed by atoms with Crippen molar-refractivity contribution in [1.82, 2.24) is 0 Å². The Hall–Kier alpha value is -0.0800. The maximum Gasteiger partial charge on any atom is 0.168 e. The summed E-state index contributed by atoms with van der Waals surface area (Å²) in [6.07, 6.45) is 12.1. The van der Waals surface area contributed by atoms with Gasteiger partial charge in [0.1, 0.15) is 0 Å². The van der Waals surface area contributed by atoms with Gasteiger partial charge in [0.25, 0.3) is 0 Å². The van der Waals surface area contributed by atoms with Crippen molar-refractivity contribution in [2.75, 3.05) is 13.2 Å². The van der Waals surface area contributed by atoms with Crippen LogP contribution in [0.4, 0.5) is 0 Å². The van der Waals surface area contributed by atoms with Gasteiger partial charge in [0.2, 0.25) is 0 Å². The third kappa shape index (κ3) is 5.87. The van der Waals surface area contributed by atoms with Gasteiger partial charge >= 0.3 is 0 Å². The van der Waals surface area contributed by atoms with Crippen LogP contribution in [0.3, 0.4) is 0 Å². The third-order valence-corrected chi connectivity index (χ3v) is 3.59. The van der Waals surface area contributed by atoms with Gasteiger partial charge in [-0.05, 0) is 25.7 Å². The summed E-state index contributed by atoms with van der Waals surface area (Å²) in [5.74, 6) is -0.236. The van der Waals surface area contributed by atoms with Crippen molar-refractivity contribution in [1.29, 1.82) is 0 Å². The van der Waals surface area contributed by atoms with Crippen molar-refractivity contribution < 1.29 is 9.47 Å². The van der Waals surface area contributed by atoms with E-state index in [0.29, 0.717) is 0 Å². The van der Waals surface area contributed by atoms with Gasteiger partial charge in [0.05, 0.1) is 13.2 Å². The normalized spacial score (nSPS) is 20.1. The van der Waals surface area contributed by atoms with Gasteiger partial charge < -0.3 is 9.47 Å². The lowest BCUT2D eigenvalue weighted by molar-refractivity contribution is -0.234. The van der Waals surface area contributed by atoms with Crippen LogP contribution in [0, 0.1) is 0 Å². The van der Waals surface area contributed by atoms with E-state index >= 15 is 0 Å². The van der Waals surface area contributed by atoms with E-state index in [1.807, 2.05) is 0 Å². The Morgan fingerprint density at radius 3 is 1.94 bits per heavy atom. The lowest BCUT2D eigenvalue weighted by Crippen LogP contribution is -2.35. The molecule has 2 nitrogen and oxygen atoms in total. The SMILES string of the molecule is CCCCCCC1(CCCC)OCCCCO1. The molecule has 0 aromatic rings. The zero-order valence-electron chi connectivity index (χ0n) is 11.8. The molecule has 17 heavy (non-hydrogen) atoms. The summed E-state index contributed by atoms with van der Waals surface area (Å²) >= 11 is 0. The van der Waals surface area contributed by atoms with Gasteiger partial charge in [-0.3, -0.25) is 0 Å². The molecule has 0 aromatic carbocycles. The molecule has 0 unspecified atom stereocenters. The van der Waals surface area contributed by atoms with E-state index in [1.165, 1.54) is 38.5 Å². The first-order valence-electron chi connectivity index (χ1n) is 7.61. The lowest BCUT2D eigenvalue weighted by Gasteiger charge is -2.32. The number of unbranched alkanes of at least 4 members (excludes halogenated alkanes) is 4. The first-order valence-corrected chi connectivity index (χ1v) is 7.61. The van der Waals surface area contributed by atoms with Gasteiger partial charge in [0.15, 0.2) is 5.79 Å². The largest absolute Gasteiger partial charge is 0.350 e. The second kappa shape index (κ2) is 8.93. The third-order valence-electron chi connectivity index (χ3n) is 3.59. The first kappa shape index (κ1) is 15.0. The zero-order valence-corrected chi connectivity index (χ0v) is 11.8. The van der Waals surface area contributed by atoms with Crippen LogP contribution in [-0.2, 0) is 9.47 Å². The fourth-order valence-corrected chi connectivity index (χ4v) is 2.44. The average molecular weight is 242 g/mol. The molecule has 0 radical (unpaired) electrons. The molecule has 1 rings (SSSR count). The van der Waals surface area contributed by atoms with Gasteiger partial charge in [-0.1, -0.05) is 39.5 Å². The van der Waals surface area contributed by atoms with E-state index in [1.54, 1.807) is 0 Å². The van der Waals surface area contributed by atoms with E-state index in [0.717, 1.165) is 38.9 Å². The van der Waals surface area contributed by atoms with Crippen LogP contribution in [0.25, 0.3) is 0 Å². The summed E-state index contributed by atoms with van der Waals surface area (Å²) < 4.78 is 12.1. The highest BCUT2D eigenvalue weighted by Crippen LogP contribution is 2.30. The topological polar surface area (TPSA) is 18.5 Å². The molecule has 0 N–H and O–H groups in total. The van der Waals surface area contributed by atoms with E-state index in [9.17, 15) is 0 Å². The fourth-order valence-electron chi connectivity index (χ4n) is 2.44. The molecular weight excluding hydrogens is 212 g/mol. The Labute approximate surface area is 107 Å². The Morgan fingerprint density at radius 1 is 0.765 bits per heavy atom. The Balaban J connectivity index is 2.38. The molecule has 1 heterocycles. The van der Waals surface area contributed by atoms with E-state index in [2.05, 4.69) is 13.8 Å². The Bertz CT molecular complexity index is 172. The summed E-state index contributed by atoms with van der Waals surface area (Å²) in [6, 6.07) is 0. The molecule has 1 fully saturated rings. The number of hydrogen-bond acceptors (Lipinski definition) is 2. The molecule has 0 bridgehead atoms. The maximum atomic E-state index is 6.05. The van der Waals surface area contributed by atoms with E-state index < -0.39 is 0 Å². The second-order valence-corrected chi connectivity index (χ2v) is 5.23. The van der Waals surface area contributed by atoms with Crippen LogP contribution in [0.1, 0.15) is 78.1 Å². The quantitative estimate of drug-likeness (QED) is 0.576. The molecule has 102 valence electrons. The second-order valence-electron chi connectivity index (χ2n) is 5.23. The van der Waals surface area contributed by atoms with Gasteiger partial charge in [-0.2, -0.15) is 0 Å². The highest BCUT2D eigenvalue weighted by molar-refractivity contribution is 4.72. The van der Waals surface area contributed by atoms with Crippen molar-refractivity contribution in [3.8, 4) is 0 Å². The van der Waals surface area contributed by atoms with Crippen LogP contribution < -0.4 is 0 Å². The first-order chi connectivity index (χ1) is 8.33. The summed E-state index contributed by atoms with van der Waals surface area (Å²) in [6.45, 7) is 6.27.